The van der Waals surface area contributed by atoms with Gasteiger partial charge < -0.3 is 16.0 Å². The van der Waals surface area contributed by atoms with Crippen molar-refractivity contribution in [1.82, 2.24) is 15.3 Å². The normalized spacial score (nSPS) is 13.7. The first-order chi connectivity index (χ1) is 10.1. The largest absolute Gasteiger partial charge is 0.383 e. The maximum absolute atomic E-state index is 12.1. The third-order valence-corrected chi connectivity index (χ3v) is 3.51. The lowest BCUT2D eigenvalue weighted by Gasteiger charge is -2.07. The number of amides is 1. The van der Waals surface area contributed by atoms with E-state index in [9.17, 15) is 4.79 Å². The smallest absolute Gasteiger partial charge is 0.251 e. The minimum atomic E-state index is -0.0845. The monoisotopic (exact) mass is 281 g/mol. The molecule has 0 unspecified atom stereocenters. The Morgan fingerprint density at radius 3 is 2.90 bits per heavy atom. The lowest BCUT2D eigenvalue weighted by molar-refractivity contribution is 0.0951. The van der Waals surface area contributed by atoms with Crippen LogP contribution in [0.25, 0.3) is 11.4 Å². The Morgan fingerprint density at radius 2 is 2.29 bits per heavy atom. The van der Waals surface area contributed by atoms with Gasteiger partial charge in [0.2, 0.25) is 0 Å². The highest BCUT2D eigenvalue weighted by Gasteiger charge is 2.24. The molecule has 0 saturated heterocycles. The van der Waals surface area contributed by atoms with Crippen molar-refractivity contribution in [2.24, 2.45) is 0 Å². The fourth-order valence-corrected chi connectivity index (χ4v) is 2.11. The minimum absolute atomic E-state index is 0.0845. The first-order valence-electron chi connectivity index (χ1n) is 6.76. The van der Waals surface area contributed by atoms with Gasteiger partial charge in [0, 0.05) is 17.2 Å². The van der Waals surface area contributed by atoms with Gasteiger partial charge in [-0.1, -0.05) is 6.07 Å². The molecule has 1 saturated carbocycles. The zero-order valence-corrected chi connectivity index (χ0v) is 11.6. The summed E-state index contributed by atoms with van der Waals surface area (Å²) in [5.74, 6) is 0.654. The van der Waals surface area contributed by atoms with Crippen molar-refractivity contribution in [3.8, 4) is 17.5 Å². The molecule has 21 heavy (non-hydrogen) atoms. The molecule has 6 heteroatoms. The van der Waals surface area contributed by atoms with Crippen LogP contribution in [-0.2, 0) is 0 Å². The number of H-pyrrole nitrogens is 1. The van der Waals surface area contributed by atoms with E-state index in [0.29, 0.717) is 17.4 Å². The van der Waals surface area contributed by atoms with Crippen LogP contribution in [0.1, 0.15) is 34.5 Å². The van der Waals surface area contributed by atoms with Crippen LogP contribution in [0.15, 0.2) is 18.2 Å². The van der Waals surface area contributed by atoms with Gasteiger partial charge in [0.15, 0.2) is 5.69 Å². The van der Waals surface area contributed by atoms with Gasteiger partial charge in [-0.05, 0) is 37.5 Å². The molecule has 1 heterocycles. The molecule has 0 aliphatic heterocycles. The number of carbonyl (C=O) groups excluding carboxylic acids is 1. The highest BCUT2D eigenvalue weighted by Crippen LogP contribution is 2.25. The predicted molar refractivity (Wildman–Crippen MR) is 78.4 cm³/mol. The van der Waals surface area contributed by atoms with Crippen molar-refractivity contribution in [1.29, 1.82) is 5.26 Å². The summed E-state index contributed by atoms with van der Waals surface area (Å²) >= 11 is 0. The molecule has 1 aromatic carbocycles. The molecule has 2 aromatic rings. The predicted octanol–water partition coefficient (Wildman–Crippen LogP) is 1.73. The summed E-state index contributed by atoms with van der Waals surface area (Å²) in [6, 6.07) is 7.66. The van der Waals surface area contributed by atoms with E-state index in [0.717, 1.165) is 24.0 Å². The van der Waals surface area contributed by atoms with Crippen LogP contribution in [0.4, 0.5) is 5.82 Å². The summed E-state index contributed by atoms with van der Waals surface area (Å²) < 4.78 is 0. The number of rotatable bonds is 3. The summed E-state index contributed by atoms with van der Waals surface area (Å²) in [4.78, 5) is 19.1. The topological polar surface area (TPSA) is 108 Å². The SMILES string of the molecule is Cc1ccc(C(=O)NC2CC2)cc1-c1nc(C#N)c(N)[nH]1. The number of benzene rings is 1. The second-order valence-electron chi connectivity index (χ2n) is 5.24. The van der Waals surface area contributed by atoms with E-state index >= 15 is 0 Å². The maximum atomic E-state index is 12.1. The summed E-state index contributed by atoms with van der Waals surface area (Å²) in [6.07, 6.45) is 2.09. The number of aromatic nitrogens is 2. The average Bonchev–Trinajstić information content (AvgIpc) is 3.20. The van der Waals surface area contributed by atoms with Crippen LogP contribution in [0.3, 0.4) is 0 Å². The van der Waals surface area contributed by atoms with Crippen LogP contribution < -0.4 is 11.1 Å². The van der Waals surface area contributed by atoms with E-state index in [1.165, 1.54) is 0 Å². The van der Waals surface area contributed by atoms with Gasteiger partial charge >= 0.3 is 0 Å². The molecular weight excluding hydrogens is 266 g/mol. The number of imidazole rings is 1. The molecule has 0 radical (unpaired) electrons. The highest BCUT2D eigenvalue weighted by molar-refractivity contribution is 5.96. The number of nitrogens with two attached hydrogens (primary N) is 1. The molecule has 3 rings (SSSR count). The molecule has 0 spiro atoms. The number of hydrogen-bond donors (Lipinski definition) is 3. The van der Waals surface area contributed by atoms with E-state index < -0.39 is 0 Å². The van der Waals surface area contributed by atoms with Crippen molar-refractivity contribution in [2.75, 3.05) is 5.73 Å². The summed E-state index contributed by atoms with van der Waals surface area (Å²) in [5.41, 5.74) is 8.16. The standard InChI is InChI=1S/C15H15N5O/c1-8-2-3-9(15(21)18-10-4-5-10)6-11(8)14-19-12(7-16)13(17)20-14/h2-3,6,10H,4-5,17H2,1H3,(H,18,21)(H,19,20). The zero-order chi connectivity index (χ0) is 15.0. The second-order valence-corrected chi connectivity index (χ2v) is 5.24. The summed E-state index contributed by atoms with van der Waals surface area (Å²) in [6.45, 7) is 1.92. The van der Waals surface area contributed by atoms with Crippen LogP contribution in [0.2, 0.25) is 0 Å². The number of nitriles is 1. The summed E-state index contributed by atoms with van der Waals surface area (Å²) in [5, 5.41) is 11.9. The molecule has 106 valence electrons. The first-order valence-corrected chi connectivity index (χ1v) is 6.76. The lowest BCUT2D eigenvalue weighted by atomic mass is 10.0. The fraction of sp³-hybridized carbons (Fsp3) is 0.267. The third-order valence-electron chi connectivity index (χ3n) is 3.51. The Hall–Kier alpha value is -2.81. The Morgan fingerprint density at radius 1 is 1.52 bits per heavy atom. The Labute approximate surface area is 122 Å². The van der Waals surface area contributed by atoms with Crippen molar-refractivity contribution in [2.45, 2.75) is 25.8 Å². The molecule has 1 fully saturated rings. The third kappa shape index (κ3) is 2.58. The quantitative estimate of drug-likeness (QED) is 0.796. The van der Waals surface area contributed by atoms with E-state index in [2.05, 4.69) is 15.3 Å². The number of anilines is 1. The minimum Gasteiger partial charge on any atom is -0.383 e. The lowest BCUT2D eigenvalue weighted by Crippen LogP contribution is -2.25. The highest BCUT2D eigenvalue weighted by atomic mass is 16.1. The molecule has 1 aliphatic rings. The first kappa shape index (κ1) is 13.2. The number of nitrogen functional groups attached to an aromatic ring is 1. The van der Waals surface area contributed by atoms with Gasteiger partial charge in [-0.15, -0.1) is 0 Å². The van der Waals surface area contributed by atoms with Gasteiger partial charge in [-0.3, -0.25) is 4.79 Å². The number of hydrogen-bond acceptors (Lipinski definition) is 4. The van der Waals surface area contributed by atoms with Gasteiger partial charge in [0.25, 0.3) is 5.91 Å². The Balaban J connectivity index is 1.97. The number of aryl methyl sites for hydroxylation is 1. The van der Waals surface area contributed by atoms with Crippen LogP contribution in [-0.4, -0.2) is 21.9 Å². The molecular formula is C15H15N5O. The molecule has 6 nitrogen and oxygen atoms in total. The van der Waals surface area contributed by atoms with Crippen LogP contribution >= 0.6 is 0 Å². The molecule has 0 bridgehead atoms. The van der Waals surface area contributed by atoms with Gasteiger partial charge in [0.05, 0.1) is 0 Å². The van der Waals surface area contributed by atoms with Gasteiger partial charge in [-0.25, -0.2) is 4.98 Å². The molecule has 4 N–H and O–H groups in total. The fourth-order valence-electron chi connectivity index (χ4n) is 2.11. The van der Waals surface area contributed by atoms with Crippen LogP contribution in [0, 0.1) is 18.3 Å². The number of carbonyl (C=O) groups is 1. The van der Waals surface area contributed by atoms with Crippen LogP contribution in [0.5, 0.6) is 0 Å². The number of nitrogens with zero attached hydrogens (tertiary/aromatic N) is 2. The number of aromatic amines is 1. The maximum Gasteiger partial charge on any atom is 0.251 e. The number of nitrogens with one attached hydrogen (secondary N) is 2. The van der Waals surface area contributed by atoms with Gasteiger partial charge in [-0.2, -0.15) is 5.26 Å². The van der Waals surface area contributed by atoms with E-state index in [1.807, 2.05) is 19.1 Å². The zero-order valence-electron chi connectivity index (χ0n) is 11.6. The molecule has 1 aromatic heterocycles. The van der Waals surface area contributed by atoms with Crippen molar-refractivity contribution >= 4 is 11.7 Å². The van der Waals surface area contributed by atoms with Crippen molar-refractivity contribution < 1.29 is 4.79 Å². The van der Waals surface area contributed by atoms with E-state index in [1.54, 1.807) is 12.1 Å². The molecule has 1 amide bonds. The summed E-state index contributed by atoms with van der Waals surface area (Å²) in [7, 11) is 0. The van der Waals surface area contributed by atoms with Crippen molar-refractivity contribution in [3.63, 3.8) is 0 Å². The van der Waals surface area contributed by atoms with Crippen molar-refractivity contribution in [3.05, 3.63) is 35.0 Å². The average molecular weight is 281 g/mol. The van der Waals surface area contributed by atoms with Gasteiger partial charge in [0.1, 0.15) is 17.7 Å². The second kappa shape index (κ2) is 4.94. The van der Waals surface area contributed by atoms with E-state index in [4.69, 9.17) is 11.0 Å². The Kier molecular flexibility index (Phi) is 3.10. The molecule has 1 aliphatic carbocycles. The Bertz CT molecular complexity index is 752. The molecule has 0 atom stereocenters. The van der Waals surface area contributed by atoms with E-state index in [-0.39, 0.29) is 17.4 Å².